The Balaban J connectivity index is 1.00. The minimum atomic E-state index is -0.116. The highest BCUT2D eigenvalue weighted by Crippen LogP contribution is 2.28. The number of hydrogen-bond donors (Lipinski definition) is 2. The maximum absolute atomic E-state index is 13.3. The van der Waals surface area contributed by atoms with E-state index >= 15 is 0 Å². The molecule has 0 spiro atoms. The quantitative estimate of drug-likeness (QED) is 0.125. The Hall–Kier alpha value is -5.76. The summed E-state index contributed by atoms with van der Waals surface area (Å²) in [5.74, 6) is 1.30. The second-order valence-electron chi connectivity index (χ2n) is 11.5. The van der Waals surface area contributed by atoms with Gasteiger partial charge in [0.1, 0.15) is 11.5 Å². The lowest BCUT2D eigenvalue weighted by molar-refractivity contribution is 0.0945. The zero-order valence-corrected chi connectivity index (χ0v) is 27.2. The van der Waals surface area contributed by atoms with Gasteiger partial charge >= 0.3 is 0 Å². The highest BCUT2D eigenvalue weighted by molar-refractivity contribution is 6.08. The van der Waals surface area contributed by atoms with Crippen LogP contribution < -0.4 is 20.1 Å². The molecular weight excluding hydrogens is 600 g/mol. The van der Waals surface area contributed by atoms with Gasteiger partial charge in [0.25, 0.3) is 11.8 Å². The first kappa shape index (κ1) is 32.2. The minimum absolute atomic E-state index is 0.116. The molecule has 0 aliphatic carbocycles. The number of unbranched alkanes of at least 4 members (excludes halogenated alkanes) is 3. The number of ether oxygens (including phenoxy) is 2. The molecule has 0 fully saturated rings. The van der Waals surface area contributed by atoms with E-state index in [4.69, 9.17) is 19.4 Å². The fourth-order valence-electron chi connectivity index (χ4n) is 5.74. The third-order valence-electron chi connectivity index (χ3n) is 8.37. The number of rotatable bonds is 13. The summed E-state index contributed by atoms with van der Waals surface area (Å²) in [6.07, 6.45) is 3.55. The molecule has 6 rings (SSSR count). The molecule has 2 N–H and O–H groups in total. The van der Waals surface area contributed by atoms with Crippen LogP contribution in [0.2, 0.25) is 0 Å². The Morgan fingerprint density at radius 1 is 0.542 bits per heavy atom. The first-order valence-electron chi connectivity index (χ1n) is 16.2. The average molecular weight is 639 g/mol. The van der Waals surface area contributed by atoms with Gasteiger partial charge in [-0.05, 0) is 85.6 Å². The number of fused-ring (bicyclic) bond motifs is 2. The van der Waals surface area contributed by atoms with Crippen molar-refractivity contribution in [2.45, 2.75) is 25.7 Å². The van der Waals surface area contributed by atoms with E-state index in [2.05, 4.69) is 10.6 Å². The summed E-state index contributed by atoms with van der Waals surface area (Å²) in [6, 6.07) is 34.4. The number of para-hydroxylation sites is 2. The highest BCUT2D eigenvalue weighted by Gasteiger charge is 2.15. The molecule has 48 heavy (non-hydrogen) atoms. The number of nitrogens with zero attached hydrogens (tertiary/aromatic N) is 2. The van der Waals surface area contributed by atoms with Crippen LogP contribution >= 0.6 is 0 Å². The number of hydrogen-bond acceptors (Lipinski definition) is 6. The molecular formula is C40H38N4O4. The molecule has 242 valence electrons. The predicted octanol–water partition coefficient (Wildman–Crippen LogP) is 7.85. The predicted molar refractivity (Wildman–Crippen MR) is 191 cm³/mol. The van der Waals surface area contributed by atoms with Gasteiger partial charge in [0.15, 0.2) is 0 Å². The van der Waals surface area contributed by atoms with Gasteiger partial charge in [-0.2, -0.15) is 0 Å². The molecule has 0 bridgehead atoms. The standard InChI is InChI=1S/C40H38N4O4/c1-47-29-19-15-27(16-20-29)37-25-33(31-11-5-7-13-35(31)43-37)39(45)41-23-9-3-4-10-24-42-40(46)34-26-38(28-17-21-30(48-2)22-18-28)44-36-14-8-6-12-32(34)36/h5-8,11-22,25-26H,3-4,9-10,23-24H2,1-2H3,(H,41,45)(H,42,46). The van der Waals surface area contributed by atoms with Crippen LogP contribution in [0, 0.1) is 0 Å². The summed E-state index contributed by atoms with van der Waals surface area (Å²) in [4.78, 5) is 36.2. The number of methoxy groups -OCH3 is 2. The molecule has 2 aromatic heterocycles. The zero-order valence-electron chi connectivity index (χ0n) is 27.2. The van der Waals surface area contributed by atoms with E-state index in [1.54, 1.807) is 14.2 Å². The van der Waals surface area contributed by atoms with Gasteiger partial charge in [0.05, 0.1) is 47.8 Å². The third kappa shape index (κ3) is 7.44. The molecule has 0 saturated carbocycles. The van der Waals surface area contributed by atoms with Gasteiger partial charge in [-0.15, -0.1) is 0 Å². The zero-order chi connectivity index (χ0) is 33.3. The molecule has 4 aromatic carbocycles. The fraction of sp³-hybridized carbons (Fsp3) is 0.200. The number of carbonyl (C=O) groups is 2. The van der Waals surface area contributed by atoms with Crippen LogP contribution in [0.4, 0.5) is 0 Å². The molecule has 0 unspecified atom stereocenters. The van der Waals surface area contributed by atoms with Gasteiger partial charge in [0, 0.05) is 35.0 Å². The molecule has 6 aromatic rings. The van der Waals surface area contributed by atoms with Crippen LogP contribution in [0.15, 0.2) is 109 Å². The van der Waals surface area contributed by atoms with Gasteiger partial charge in [0.2, 0.25) is 0 Å². The summed E-state index contributed by atoms with van der Waals surface area (Å²) in [5.41, 5.74) is 6.06. The van der Waals surface area contributed by atoms with E-state index in [0.29, 0.717) is 24.2 Å². The maximum atomic E-state index is 13.3. The normalized spacial score (nSPS) is 11.0. The first-order chi connectivity index (χ1) is 23.5. The average Bonchev–Trinajstić information content (AvgIpc) is 3.14. The van der Waals surface area contributed by atoms with Gasteiger partial charge in [-0.3, -0.25) is 9.59 Å². The lowest BCUT2D eigenvalue weighted by Gasteiger charge is -2.12. The van der Waals surface area contributed by atoms with Crippen molar-refractivity contribution in [3.8, 4) is 34.0 Å². The Labute approximate surface area is 280 Å². The summed E-state index contributed by atoms with van der Waals surface area (Å²) in [7, 11) is 3.27. The van der Waals surface area contributed by atoms with E-state index in [1.807, 2.05) is 109 Å². The van der Waals surface area contributed by atoms with Crippen molar-refractivity contribution < 1.29 is 19.1 Å². The van der Waals surface area contributed by atoms with E-state index in [1.165, 1.54) is 0 Å². The maximum Gasteiger partial charge on any atom is 0.252 e. The molecule has 0 atom stereocenters. The van der Waals surface area contributed by atoms with E-state index in [0.717, 1.165) is 81.5 Å². The van der Waals surface area contributed by atoms with Crippen LogP contribution in [0.5, 0.6) is 11.5 Å². The molecule has 8 heteroatoms. The Morgan fingerprint density at radius 2 is 0.938 bits per heavy atom. The largest absolute Gasteiger partial charge is 0.497 e. The molecule has 0 radical (unpaired) electrons. The first-order valence-corrected chi connectivity index (χ1v) is 16.2. The Bertz CT molecular complexity index is 1890. The van der Waals surface area contributed by atoms with E-state index in [-0.39, 0.29) is 11.8 Å². The van der Waals surface area contributed by atoms with Crippen LogP contribution in [-0.2, 0) is 0 Å². The highest BCUT2D eigenvalue weighted by atomic mass is 16.5. The number of nitrogens with one attached hydrogen (secondary N) is 2. The number of pyridine rings is 2. The van der Waals surface area contributed by atoms with Crippen molar-refractivity contribution in [2.24, 2.45) is 0 Å². The summed E-state index contributed by atoms with van der Waals surface area (Å²) < 4.78 is 10.6. The smallest absolute Gasteiger partial charge is 0.252 e. The van der Waals surface area contributed by atoms with Crippen LogP contribution in [0.1, 0.15) is 46.4 Å². The number of amides is 2. The van der Waals surface area contributed by atoms with Crippen molar-refractivity contribution in [1.29, 1.82) is 0 Å². The molecule has 0 aliphatic rings. The summed E-state index contributed by atoms with van der Waals surface area (Å²) in [6.45, 7) is 1.13. The topological polar surface area (TPSA) is 102 Å². The van der Waals surface area contributed by atoms with Crippen LogP contribution in [-0.4, -0.2) is 49.1 Å². The Morgan fingerprint density at radius 3 is 1.33 bits per heavy atom. The SMILES string of the molecule is COc1ccc(-c2cc(C(=O)NCCCCCCNC(=O)c3cc(-c4ccc(OC)cc4)nc4ccccc34)c3ccccc3n2)cc1. The van der Waals surface area contributed by atoms with Crippen molar-refractivity contribution >= 4 is 33.6 Å². The van der Waals surface area contributed by atoms with Crippen molar-refractivity contribution in [1.82, 2.24) is 20.6 Å². The van der Waals surface area contributed by atoms with Crippen LogP contribution in [0.25, 0.3) is 44.3 Å². The molecule has 0 saturated heterocycles. The molecule has 0 aliphatic heterocycles. The van der Waals surface area contributed by atoms with Crippen LogP contribution in [0.3, 0.4) is 0 Å². The third-order valence-corrected chi connectivity index (χ3v) is 8.37. The lowest BCUT2D eigenvalue weighted by atomic mass is 10.0. The lowest BCUT2D eigenvalue weighted by Crippen LogP contribution is -2.25. The molecule has 8 nitrogen and oxygen atoms in total. The van der Waals surface area contributed by atoms with Crippen molar-refractivity contribution in [3.63, 3.8) is 0 Å². The fourth-order valence-corrected chi connectivity index (χ4v) is 5.74. The van der Waals surface area contributed by atoms with Gasteiger partial charge in [-0.25, -0.2) is 9.97 Å². The number of benzene rings is 4. The van der Waals surface area contributed by atoms with Crippen molar-refractivity contribution in [3.05, 3.63) is 120 Å². The number of carbonyl (C=O) groups excluding carboxylic acids is 2. The van der Waals surface area contributed by atoms with Gasteiger partial charge in [-0.1, -0.05) is 49.2 Å². The summed E-state index contributed by atoms with van der Waals surface area (Å²) in [5, 5.41) is 7.82. The van der Waals surface area contributed by atoms with E-state index < -0.39 is 0 Å². The molecule has 2 heterocycles. The summed E-state index contributed by atoms with van der Waals surface area (Å²) >= 11 is 0. The van der Waals surface area contributed by atoms with E-state index in [9.17, 15) is 9.59 Å². The minimum Gasteiger partial charge on any atom is -0.497 e. The number of aromatic nitrogens is 2. The van der Waals surface area contributed by atoms with Crippen molar-refractivity contribution in [2.75, 3.05) is 27.3 Å². The molecule has 2 amide bonds. The monoisotopic (exact) mass is 638 g/mol. The van der Waals surface area contributed by atoms with Gasteiger partial charge < -0.3 is 20.1 Å². The second-order valence-corrected chi connectivity index (χ2v) is 11.5. The second kappa shape index (κ2) is 15.2. The Kier molecular flexibility index (Phi) is 10.2.